The Morgan fingerprint density at radius 2 is 0.909 bits per heavy atom. The number of hydrogen-bond acceptors (Lipinski definition) is 2. The normalized spacial score (nSPS) is 11.9. The number of nitrogens with zero attached hydrogens (tertiary/aromatic N) is 2. The second kappa shape index (κ2) is 13.2. The van der Waals surface area contributed by atoms with Crippen LogP contribution in [-0.2, 0) is 0 Å². The Labute approximate surface area is 264 Å². The van der Waals surface area contributed by atoms with Crippen molar-refractivity contribution in [2.45, 2.75) is 55.4 Å². The molecule has 0 fully saturated rings. The number of aryl methyl sites for hydroxylation is 5. The van der Waals surface area contributed by atoms with Crippen LogP contribution >= 0.6 is 0 Å². The van der Waals surface area contributed by atoms with Gasteiger partial charge in [0.25, 0.3) is 0 Å². The first-order valence-corrected chi connectivity index (χ1v) is 15.5. The lowest BCUT2D eigenvalue weighted by Gasteiger charge is -2.28. The van der Waals surface area contributed by atoms with Gasteiger partial charge in [-0.2, -0.15) is 0 Å². The molecule has 5 aromatic carbocycles. The van der Waals surface area contributed by atoms with Gasteiger partial charge in [-0.3, -0.25) is 0 Å². The third-order valence-electron chi connectivity index (χ3n) is 8.00. The summed E-state index contributed by atoms with van der Waals surface area (Å²) in [7, 11) is 0. The smallest absolute Gasteiger partial charge is 0.0470 e. The van der Waals surface area contributed by atoms with Gasteiger partial charge in [0.05, 0.1) is 0 Å². The van der Waals surface area contributed by atoms with Crippen LogP contribution in [0.5, 0.6) is 0 Å². The van der Waals surface area contributed by atoms with E-state index in [0.29, 0.717) is 0 Å². The standard InChI is InChI=1S/C42H44N2/c1-9-29(2)19-35(8)43(38-16-10-13-30(3)22-38)41-25-33(6)20-36(27-41)37-21-34(7)26-42(28-37)44(39-17-11-14-31(4)23-39)40-18-12-15-32(5)24-40/h9-28H,1-8H3/b29-9-,35-19+. The largest absolute Gasteiger partial charge is 0.314 e. The molecule has 0 atom stereocenters. The Bertz CT molecular complexity index is 1810. The first kappa shape index (κ1) is 30.6. The summed E-state index contributed by atoms with van der Waals surface area (Å²) in [5.74, 6) is 0. The SMILES string of the molecule is C/C=C(C)\C=C(/C)N(c1cccc(C)c1)c1cc(C)cc(-c2cc(C)cc(N(c3cccc(C)c3)c3cccc(C)c3)c2)c1. The van der Waals surface area contributed by atoms with Crippen molar-refractivity contribution < 1.29 is 0 Å². The van der Waals surface area contributed by atoms with Crippen molar-refractivity contribution in [3.63, 3.8) is 0 Å². The molecule has 222 valence electrons. The Balaban J connectivity index is 1.68. The maximum atomic E-state index is 2.37. The van der Waals surface area contributed by atoms with E-state index in [9.17, 15) is 0 Å². The summed E-state index contributed by atoms with van der Waals surface area (Å²) in [5.41, 5.74) is 16.8. The van der Waals surface area contributed by atoms with Crippen LogP contribution in [0.15, 0.2) is 133 Å². The summed E-state index contributed by atoms with van der Waals surface area (Å²) in [4.78, 5) is 4.75. The van der Waals surface area contributed by atoms with Crippen LogP contribution in [0.3, 0.4) is 0 Å². The third kappa shape index (κ3) is 7.03. The maximum Gasteiger partial charge on any atom is 0.0470 e. The van der Waals surface area contributed by atoms with Crippen molar-refractivity contribution in [1.82, 2.24) is 0 Å². The number of rotatable bonds is 8. The van der Waals surface area contributed by atoms with Crippen LogP contribution in [0.2, 0.25) is 0 Å². The van der Waals surface area contributed by atoms with E-state index in [2.05, 4.69) is 187 Å². The van der Waals surface area contributed by atoms with Crippen molar-refractivity contribution in [2.75, 3.05) is 9.80 Å². The van der Waals surface area contributed by atoms with Gasteiger partial charge in [-0.05, 0) is 161 Å². The minimum atomic E-state index is 1.15. The summed E-state index contributed by atoms with van der Waals surface area (Å²) >= 11 is 0. The zero-order valence-electron chi connectivity index (χ0n) is 27.4. The van der Waals surface area contributed by atoms with Gasteiger partial charge in [-0.1, -0.05) is 60.2 Å². The zero-order chi connectivity index (χ0) is 31.4. The summed E-state index contributed by atoms with van der Waals surface area (Å²) in [5, 5.41) is 0. The lowest BCUT2D eigenvalue weighted by Crippen LogP contribution is -2.15. The van der Waals surface area contributed by atoms with Crippen molar-refractivity contribution >= 4 is 28.4 Å². The summed E-state index contributed by atoms with van der Waals surface area (Å²) < 4.78 is 0. The quantitative estimate of drug-likeness (QED) is 0.170. The molecular weight excluding hydrogens is 532 g/mol. The molecule has 2 heteroatoms. The van der Waals surface area contributed by atoms with Crippen LogP contribution < -0.4 is 9.80 Å². The summed E-state index contributed by atoms with van der Waals surface area (Å²) in [6, 6.07) is 40.1. The average Bonchev–Trinajstić information content (AvgIpc) is 2.97. The van der Waals surface area contributed by atoms with Gasteiger partial charge in [0, 0.05) is 34.1 Å². The lowest BCUT2D eigenvalue weighted by molar-refractivity contribution is 1.14. The minimum Gasteiger partial charge on any atom is -0.314 e. The molecule has 0 unspecified atom stereocenters. The topological polar surface area (TPSA) is 6.48 Å². The fraction of sp³-hybridized carbons (Fsp3) is 0.190. The van der Waals surface area contributed by atoms with Gasteiger partial charge >= 0.3 is 0 Å². The fourth-order valence-corrected chi connectivity index (χ4v) is 5.90. The number of allylic oxidation sites excluding steroid dienone is 4. The average molecular weight is 577 g/mol. The highest BCUT2D eigenvalue weighted by molar-refractivity contribution is 5.83. The highest BCUT2D eigenvalue weighted by Crippen LogP contribution is 2.40. The van der Waals surface area contributed by atoms with Crippen molar-refractivity contribution in [1.29, 1.82) is 0 Å². The van der Waals surface area contributed by atoms with Crippen LogP contribution in [0.25, 0.3) is 11.1 Å². The number of anilines is 5. The van der Waals surface area contributed by atoms with E-state index in [0.717, 1.165) is 28.4 Å². The molecule has 0 aliphatic heterocycles. The fourth-order valence-electron chi connectivity index (χ4n) is 5.90. The van der Waals surface area contributed by atoms with E-state index in [1.165, 1.54) is 50.2 Å². The van der Waals surface area contributed by atoms with Crippen LogP contribution in [-0.4, -0.2) is 0 Å². The molecular formula is C42H44N2. The van der Waals surface area contributed by atoms with Crippen LogP contribution in [0.1, 0.15) is 48.6 Å². The molecule has 0 amide bonds. The Morgan fingerprint density at radius 1 is 0.477 bits per heavy atom. The third-order valence-corrected chi connectivity index (χ3v) is 8.00. The molecule has 0 heterocycles. The van der Waals surface area contributed by atoms with E-state index in [-0.39, 0.29) is 0 Å². The zero-order valence-corrected chi connectivity index (χ0v) is 27.4. The van der Waals surface area contributed by atoms with Crippen molar-refractivity contribution in [3.05, 3.63) is 160 Å². The van der Waals surface area contributed by atoms with E-state index in [1.807, 2.05) is 0 Å². The summed E-state index contributed by atoms with van der Waals surface area (Å²) in [6.07, 6.45) is 4.42. The Kier molecular flexibility index (Phi) is 9.20. The maximum absolute atomic E-state index is 2.37. The van der Waals surface area contributed by atoms with Gasteiger partial charge in [0.2, 0.25) is 0 Å². The number of benzene rings is 5. The molecule has 0 bridgehead atoms. The lowest BCUT2D eigenvalue weighted by atomic mass is 9.98. The van der Waals surface area contributed by atoms with Crippen molar-refractivity contribution in [3.8, 4) is 11.1 Å². The predicted octanol–water partition coefficient (Wildman–Crippen LogP) is 12.4. The van der Waals surface area contributed by atoms with Gasteiger partial charge in [-0.15, -0.1) is 0 Å². The molecule has 0 aliphatic rings. The molecule has 0 radical (unpaired) electrons. The van der Waals surface area contributed by atoms with Crippen LogP contribution in [0, 0.1) is 34.6 Å². The second-order valence-electron chi connectivity index (χ2n) is 12.1. The van der Waals surface area contributed by atoms with E-state index in [1.54, 1.807) is 0 Å². The van der Waals surface area contributed by atoms with E-state index < -0.39 is 0 Å². The van der Waals surface area contributed by atoms with E-state index in [4.69, 9.17) is 0 Å². The van der Waals surface area contributed by atoms with Crippen LogP contribution in [0.4, 0.5) is 28.4 Å². The molecule has 5 rings (SSSR count). The highest BCUT2D eigenvalue weighted by Gasteiger charge is 2.17. The second-order valence-corrected chi connectivity index (χ2v) is 12.1. The molecule has 0 N–H and O–H groups in total. The predicted molar refractivity (Wildman–Crippen MR) is 192 cm³/mol. The molecule has 0 aliphatic carbocycles. The molecule has 5 aromatic rings. The monoisotopic (exact) mass is 576 g/mol. The first-order chi connectivity index (χ1) is 21.1. The van der Waals surface area contributed by atoms with Gasteiger partial charge in [-0.25, -0.2) is 0 Å². The molecule has 2 nitrogen and oxygen atoms in total. The van der Waals surface area contributed by atoms with Gasteiger partial charge in [0.15, 0.2) is 0 Å². The van der Waals surface area contributed by atoms with E-state index >= 15 is 0 Å². The highest BCUT2D eigenvalue weighted by atomic mass is 15.1. The van der Waals surface area contributed by atoms with Gasteiger partial charge < -0.3 is 9.80 Å². The molecule has 0 saturated carbocycles. The molecule has 44 heavy (non-hydrogen) atoms. The number of hydrogen-bond donors (Lipinski definition) is 0. The Morgan fingerprint density at radius 3 is 1.41 bits per heavy atom. The van der Waals surface area contributed by atoms with Crippen molar-refractivity contribution in [2.24, 2.45) is 0 Å². The molecule has 0 spiro atoms. The van der Waals surface area contributed by atoms with Gasteiger partial charge in [0.1, 0.15) is 0 Å². The molecule has 0 saturated heterocycles. The Hall–Kier alpha value is -4.82. The molecule has 0 aromatic heterocycles. The minimum absolute atomic E-state index is 1.15. The summed E-state index contributed by atoms with van der Waals surface area (Å²) in [6.45, 7) is 17.3. The first-order valence-electron chi connectivity index (χ1n) is 15.5.